The molecule has 0 atom stereocenters. The van der Waals surface area contributed by atoms with Crippen molar-refractivity contribution in [3.63, 3.8) is 0 Å². The van der Waals surface area contributed by atoms with Gasteiger partial charge in [0, 0.05) is 58.8 Å². The van der Waals surface area contributed by atoms with E-state index in [4.69, 9.17) is 9.72 Å². The Morgan fingerprint density at radius 2 is 2.00 bits per heavy atom. The zero-order chi connectivity index (χ0) is 22.2. The van der Waals surface area contributed by atoms with Gasteiger partial charge in [0.05, 0.1) is 18.2 Å². The predicted molar refractivity (Wildman–Crippen MR) is 130 cm³/mol. The lowest BCUT2D eigenvalue weighted by molar-refractivity contribution is 0.0532. The first kappa shape index (κ1) is 23.3. The third-order valence-electron chi connectivity index (χ3n) is 5.70. The largest absolute Gasteiger partial charge is 0.377 e. The Balaban J connectivity index is 1.54. The molecule has 7 nitrogen and oxygen atoms in total. The average Bonchev–Trinajstić information content (AvgIpc) is 2.77. The van der Waals surface area contributed by atoms with E-state index in [1.807, 2.05) is 32.1 Å². The minimum absolute atomic E-state index is 0.305. The van der Waals surface area contributed by atoms with Crippen molar-refractivity contribution in [2.75, 3.05) is 52.3 Å². The molecule has 1 fully saturated rings. The van der Waals surface area contributed by atoms with Crippen molar-refractivity contribution < 1.29 is 4.74 Å². The molecule has 0 aliphatic carbocycles. The molecule has 0 bridgehead atoms. The van der Waals surface area contributed by atoms with Crippen molar-refractivity contribution in [1.29, 1.82) is 0 Å². The van der Waals surface area contributed by atoms with Gasteiger partial charge in [-0.3, -0.25) is 4.99 Å². The van der Waals surface area contributed by atoms with Crippen LogP contribution in [0.1, 0.15) is 32.3 Å². The van der Waals surface area contributed by atoms with Gasteiger partial charge in [-0.2, -0.15) is 0 Å². The fraction of sp³-hybridized carbons (Fsp3) is 0.583. The number of aliphatic imine (C=N–C) groups is 1. The molecule has 3 rings (SSSR count). The Labute approximate surface area is 186 Å². The number of likely N-dealkylation sites (tertiary alicyclic amines) is 1. The molecular formula is C24H38N6O. The summed E-state index contributed by atoms with van der Waals surface area (Å²) >= 11 is 0. The van der Waals surface area contributed by atoms with Crippen LogP contribution in [0.4, 0.5) is 5.82 Å². The molecule has 1 saturated heterocycles. The number of ether oxygens (including phenoxy) is 1. The van der Waals surface area contributed by atoms with E-state index in [2.05, 4.69) is 58.6 Å². The predicted octanol–water partition coefficient (Wildman–Crippen LogP) is 2.86. The number of hydrogen-bond acceptors (Lipinski definition) is 5. The second kappa shape index (κ2) is 11.3. The highest BCUT2D eigenvalue weighted by atomic mass is 16.5. The number of anilines is 1. The molecule has 1 aromatic heterocycles. The number of nitrogens with one attached hydrogen (secondary N) is 2. The molecule has 0 unspecified atom stereocenters. The van der Waals surface area contributed by atoms with Crippen molar-refractivity contribution in [3.8, 4) is 0 Å². The number of fused-ring (bicyclic) bond motifs is 1. The fourth-order valence-electron chi connectivity index (χ4n) is 3.89. The summed E-state index contributed by atoms with van der Waals surface area (Å²) in [5, 5.41) is 8.29. The minimum atomic E-state index is 0.305. The number of hydrogen-bond donors (Lipinski definition) is 2. The Bertz CT molecular complexity index is 858. The third-order valence-corrected chi connectivity index (χ3v) is 5.70. The van der Waals surface area contributed by atoms with Crippen LogP contribution in [-0.2, 0) is 11.3 Å². The first-order chi connectivity index (χ1) is 15.0. The van der Waals surface area contributed by atoms with E-state index in [1.165, 1.54) is 10.9 Å². The second-order valence-corrected chi connectivity index (χ2v) is 8.66. The van der Waals surface area contributed by atoms with Crippen molar-refractivity contribution in [2.45, 2.75) is 45.4 Å². The van der Waals surface area contributed by atoms with E-state index >= 15 is 0 Å². The Morgan fingerprint density at radius 1 is 1.26 bits per heavy atom. The molecule has 0 amide bonds. The first-order valence-electron chi connectivity index (χ1n) is 11.3. The highest BCUT2D eigenvalue weighted by Gasteiger charge is 2.20. The van der Waals surface area contributed by atoms with E-state index in [1.54, 1.807) is 0 Å². The Kier molecular flexibility index (Phi) is 8.49. The number of nitrogens with zero attached hydrogens (tertiary/aromatic N) is 4. The van der Waals surface area contributed by atoms with Crippen molar-refractivity contribution >= 4 is 22.7 Å². The number of pyridine rings is 1. The SMILES string of the molecule is CN=C(NCc1cc(N(C)C)nc2ccccc12)NC1CCN(CCOC(C)C)CC1. The summed E-state index contributed by atoms with van der Waals surface area (Å²) in [4.78, 5) is 13.7. The Morgan fingerprint density at radius 3 is 2.68 bits per heavy atom. The van der Waals surface area contributed by atoms with Crippen LogP contribution in [0.25, 0.3) is 10.9 Å². The lowest BCUT2D eigenvalue weighted by atomic mass is 10.1. The summed E-state index contributed by atoms with van der Waals surface area (Å²) in [5.41, 5.74) is 2.24. The molecule has 1 aliphatic heterocycles. The number of benzene rings is 1. The van der Waals surface area contributed by atoms with Gasteiger partial charge in [0.25, 0.3) is 0 Å². The fourth-order valence-corrected chi connectivity index (χ4v) is 3.89. The van der Waals surface area contributed by atoms with E-state index in [0.29, 0.717) is 18.7 Å². The number of guanidine groups is 1. The van der Waals surface area contributed by atoms with Crippen LogP contribution in [0.3, 0.4) is 0 Å². The highest BCUT2D eigenvalue weighted by Crippen LogP contribution is 2.22. The second-order valence-electron chi connectivity index (χ2n) is 8.66. The lowest BCUT2D eigenvalue weighted by Gasteiger charge is -2.33. The molecule has 2 aromatic rings. The maximum absolute atomic E-state index is 5.69. The molecular weight excluding hydrogens is 388 g/mol. The maximum atomic E-state index is 5.69. The molecule has 2 heterocycles. The molecule has 31 heavy (non-hydrogen) atoms. The summed E-state index contributed by atoms with van der Waals surface area (Å²) in [6.07, 6.45) is 2.54. The van der Waals surface area contributed by atoms with Crippen molar-refractivity contribution in [3.05, 3.63) is 35.9 Å². The molecule has 0 saturated carbocycles. The monoisotopic (exact) mass is 426 g/mol. The average molecular weight is 427 g/mol. The zero-order valence-corrected chi connectivity index (χ0v) is 19.7. The highest BCUT2D eigenvalue weighted by molar-refractivity contribution is 5.85. The number of para-hydroxylation sites is 1. The van der Waals surface area contributed by atoms with E-state index in [0.717, 1.165) is 56.4 Å². The summed E-state index contributed by atoms with van der Waals surface area (Å²) in [6, 6.07) is 10.9. The molecule has 0 radical (unpaired) electrons. The van der Waals surface area contributed by atoms with Crippen LogP contribution in [-0.4, -0.2) is 75.4 Å². The quantitative estimate of drug-likeness (QED) is 0.500. The van der Waals surface area contributed by atoms with Gasteiger partial charge >= 0.3 is 0 Å². The van der Waals surface area contributed by atoms with Gasteiger partial charge in [-0.25, -0.2) is 4.98 Å². The van der Waals surface area contributed by atoms with Crippen LogP contribution < -0.4 is 15.5 Å². The third kappa shape index (κ3) is 6.80. The van der Waals surface area contributed by atoms with Gasteiger partial charge in [-0.15, -0.1) is 0 Å². The topological polar surface area (TPSA) is 65.0 Å². The number of piperidine rings is 1. The standard InChI is InChI=1S/C24H38N6O/c1-18(2)31-15-14-30-12-10-20(11-13-30)27-24(25-3)26-17-19-16-23(29(4)5)28-22-9-7-6-8-21(19)22/h6-9,16,18,20H,10-15,17H2,1-5H3,(H2,25,26,27). The van der Waals surface area contributed by atoms with E-state index < -0.39 is 0 Å². The van der Waals surface area contributed by atoms with Crippen LogP contribution in [0, 0.1) is 0 Å². The van der Waals surface area contributed by atoms with Crippen LogP contribution in [0.15, 0.2) is 35.3 Å². The molecule has 2 N–H and O–H groups in total. The lowest BCUT2D eigenvalue weighted by Crippen LogP contribution is -2.49. The van der Waals surface area contributed by atoms with E-state index in [9.17, 15) is 0 Å². The van der Waals surface area contributed by atoms with Crippen molar-refractivity contribution in [1.82, 2.24) is 20.5 Å². The number of aromatic nitrogens is 1. The van der Waals surface area contributed by atoms with Crippen LogP contribution in [0.5, 0.6) is 0 Å². The van der Waals surface area contributed by atoms with Gasteiger partial charge < -0.3 is 25.2 Å². The summed E-state index contributed by atoms with van der Waals surface area (Å²) in [5.74, 6) is 1.82. The minimum Gasteiger partial charge on any atom is -0.377 e. The Hall–Kier alpha value is -2.38. The molecule has 7 heteroatoms. The van der Waals surface area contributed by atoms with Crippen LogP contribution in [0.2, 0.25) is 0 Å². The van der Waals surface area contributed by atoms with Gasteiger partial charge in [0.2, 0.25) is 0 Å². The zero-order valence-electron chi connectivity index (χ0n) is 19.7. The van der Waals surface area contributed by atoms with Crippen LogP contribution >= 0.6 is 0 Å². The summed E-state index contributed by atoms with van der Waals surface area (Å²) in [7, 11) is 5.88. The summed E-state index contributed by atoms with van der Waals surface area (Å²) in [6.45, 7) is 8.90. The molecule has 1 aliphatic rings. The van der Waals surface area contributed by atoms with Gasteiger partial charge in [-0.1, -0.05) is 18.2 Å². The molecule has 170 valence electrons. The molecule has 0 spiro atoms. The first-order valence-corrected chi connectivity index (χ1v) is 11.3. The maximum Gasteiger partial charge on any atom is 0.191 e. The normalized spacial score (nSPS) is 16.1. The van der Waals surface area contributed by atoms with Gasteiger partial charge in [0.1, 0.15) is 5.82 Å². The van der Waals surface area contributed by atoms with E-state index in [-0.39, 0.29) is 0 Å². The van der Waals surface area contributed by atoms with Gasteiger partial charge in [0.15, 0.2) is 5.96 Å². The van der Waals surface area contributed by atoms with Gasteiger partial charge in [-0.05, 0) is 44.4 Å². The summed E-state index contributed by atoms with van der Waals surface area (Å²) < 4.78 is 5.69. The van der Waals surface area contributed by atoms with Crippen molar-refractivity contribution in [2.24, 2.45) is 4.99 Å². The number of rotatable bonds is 8. The molecule has 1 aromatic carbocycles. The smallest absolute Gasteiger partial charge is 0.191 e.